The summed E-state index contributed by atoms with van der Waals surface area (Å²) >= 11 is 0. The minimum atomic E-state index is -0.0589. The minimum absolute atomic E-state index is 0.0589. The number of nitrogens with zero attached hydrogens (tertiary/aromatic N) is 7. The fourth-order valence-corrected chi connectivity index (χ4v) is 2.43. The smallest absolute Gasteiger partial charge is 0.247 e. The van der Waals surface area contributed by atoms with E-state index in [0.29, 0.717) is 5.95 Å². The zero-order valence-electron chi connectivity index (χ0n) is 13.8. The second kappa shape index (κ2) is 6.31. The van der Waals surface area contributed by atoms with Crippen LogP contribution in [-0.2, 0) is 0 Å². The van der Waals surface area contributed by atoms with Crippen molar-refractivity contribution < 1.29 is 0 Å². The molecule has 0 saturated carbocycles. The first-order valence-electron chi connectivity index (χ1n) is 7.76. The molecule has 3 heterocycles. The van der Waals surface area contributed by atoms with Crippen molar-refractivity contribution in [1.29, 1.82) is 0 Å². The van der Waals surface area contributed by atoms with E-state index < -0.39 is 0 Å². The van der Waals surface area contributed by atoms with Crippen molar-refractivity contribution in [2.24, 2.45) is 0 Å². The molecule has 0 unspecified atom stereocenters. The van der Waals surface area contributed by atoms with Crippen molar-refractivity contribution in [2.45, 2.75) is 26.3 Å². The van der Waals surface area contributed by atoms with E-state index in [1.54, 1.807) is 18.6 Å². The predicted molar refractivity (Wildman–Crippen MR) is 89.7 cm³/mol. The Morgan fingerprint density at radius 1 is 0.957 bits per heavy atom. The molecule has 8 heteroatoms. The van der Waals surface area contributed by atoms with Gasteiger partial charge in [-0.15, -0.1) is 5.10 Å². The molecule has 1 N–H and O–H groups in total. The van der Waals surface area contributed by atoms with E-state index in [-0.39, 0.29) is 5.54 Å². The largest absolute Gasteiger partial charge is 0.364 e. The molecular weight excluding hydrogens is 292 g/mol. The van der Waals surface area contributed by atoms with Gasteiger partial charge in [-0.05, 0) is 26.8 Å². The van der Waals surface area contributed by atoms with Gasteiger partial charge in [-0.1, -0.05) is 0 Å². The third-order valence-electron chi connectivity index (χ3n) is 3.45. The van der Waals surface area contributed by atoms with Crippen molar-refractivity contribution >= 4 is 17.7 Å². The Balaban J connectivity index is 1.65. The van der Waals surface area contributed by atoms with Crippen molar-refractivity contribution in [2.75, 3.05) is 41.3 Å². The lowest BCUT2D eigenvalue weighted by Crippen LogP contribution is -2.47. The molecule has 23 heavy (non-hydrogen) atoms. The summed E-state index contributed by atoms with van der Waals surface area (Å²) in [6.07, 6.45) is 5.19. The van der Waals surface area contributed by atoms with E-state index in [1.165, 1.54) is 0 Å². The van der Waals surface area contributed by atoms with Crippen LogP contribution in [-0.4, -0.2) is 56.9 Å². The van der Waals surface area contributed by atoms with Gasteiger partial charge in [0.15, 0.2) is 5.82 Å². The van der Waals surface area contributed by atoms with Gasteiger partial charge in [0.1, 0.15) is 0 Å². The molecule has 122 valence electrons. The van der Waals surface area contributed by atoms with Crippen LogP contribution in [0.2, 0.25) is 0 Å². The van der Waals surface area contributed by atoms with Gasteiger partial charge in [0.2, 0.25) is 11.9 Å². The van der Waals surface area contributed by atoms with Crippen LogP contribution in [0, 0.1) is 0 Å². The van der Waals surface area contributed by atoms with Gasteiger partial charge in [-0.25, -0.2) is 9.97 Å². The molecule has 1 aliphatic heterocycles. The summed E-state index contributed by atoms with van der Waals surface area (Å²) < 4.78 is 0. The Morgan fingerprint density at radius 2 is 1.57 bits per heavy atom. The molecule has 1 fully saturated rings. The van der Waals surface area contributed by atoms with Crippen LogP contribution in [0.3, 0.4) is 0 Å². The van der Waals surface area contributed by atoms with Gasteiger partial charge in [-0.3, -0.25) is 0 Å². The van der Waals surface area contributed by atoms with E-state index in [2.05, 4.69) is 61.0 Å². The molecule has 0 spiro atoms. The quantitative estimate of drug-likeness (QED) is 0.905. The van der Waals surface area contributed by atoms with Crippen molar-refractivity contribution in [3.8, 4) is 0 Å². The second-order valence-corrected chi connectivity index (χ2v) is 6.54. The van der Waals surface area contributed by atoms with Crippen molar-refractivity contribution in [1.82, 2.24) is 25.1 Å². The highest BCUT2D eigenvalue weighted by Crippen LogP contribution is 2.16. The van der Waals surface area contributed by atoms with E-state index in [1.807, 2.05) is 6.07 Å². The zero-order valence-corrected chi connectivity index (χ0v) is 13.8. The summed E-state index contributed by atoms with van der Waals surface area (Å²) in [4.78, 5) is 17.5. The van der Waals surface area contributed by atoms with Gasteiger partial charge in [0, 0.05) is 44.1 Å². The number of hydrogen-bond donors (Lipinski definition) is 1. The second-order valence-electron chi connectivity index (χ2n) is 6.54. The number of aromatic nitrogens is 5. The summed E-state index contributed by atoms with van der Waals surface area (Å²) in [5.74, 6) is 2.18. The molecule has 8 nitrogen and oxygen atoms in total. The first-order valence-corrected chi connectivity index (χ1v) is 7.76. The van der Waals surface area contributed by atoms with Gasteiger partial charge in [0.25, 0.3) is 0 Å². The molecule has 0 amide bonds. The Labute approximate surface area is 136 Å². The monoisotopic (exact) mass is 314 g/mol. The fraction of sp³-hybridized carbons (Fsp3) is 0.533. The zero-order chi connectivity index (χ0) is 16.3. The maximum Gasteiger partial charge on any atom is 0.247 e. The topological polar surface area (TPSA) is 83.0 Å². The van der Waals surface area contributed by atoms with Crippen LogP contribution in [0.4, 0.5) is 17.7 Å². The third kappa shape index (κ3) is 4.02. The fourth-order valence-electron chi connectivity index (χ4n) is 2.43. The summed E-state index contributed by atoms with van der Waals surface area (Å²) in [6.45, 7) is 9.58. The molecule has 1 aliphatic rings. The number of piperazine rings is 1. The molecule has 0 aromatic carbocycles. The predicted octanol–water partition coefficient (Wildman–Crippen LogP) is 1.20. The molecule has 0 bridgehead atoms. The standard InChI is InChI=1S/C15H22N8/c1-15(2,3)20-12-11-18-21-14(19-12)23-9-7-22(8-10-23)13-16-5-4-6-17-13/h4-6,11H,7-10H2,1-3H3,(H,19,20,21). The van der Waals surface area contributed by atoms with Gasteiger partial charge in [-0.2, -0.15) is 10.1 Å². The number of anilines is 3. The van der Waals surface area contributed by atoms with Crippen LogP contribution in [0.5, 0.6) is 0 Å². The number of rotatable bonds is 3. The van der Waals surface area contributed by atoms with Crippen LogP contribution < -0.4 is 15.1 Å². The van der Waals surface area contributed by atoms with Crippen LogP contribution >= 0.6 is 0 Å². The normalized spacial score (nSPS) is 15.6. The maximum atomic E-state index is 4.57. The van der Waals surface area contributed by atoms with E-state index >= 15 is 0 Å². The molecule has 0 atom stereocenters. The highest BCUT2D eigenvalue weighted by Gasteiger charge is 2.21. The first kappa shape index (κ1) is 15.4. The van der Waals surface area contributed by atoms with Crippen LogP contribution in [0.15, 0.2) is 24.7 Å². The summed E-state index contributed by atoms with van der Waals surface area (Å²) in [6, 6.07) is 1.83. The Kier molecular flexibility index (Phi) is 4.22. The van der Waals surface area contributed by atoms with Gasteiger partial charge >= 0.3 is 0 Å². The summed E-state index contributed by atoms with van der Waals surface area (Å²) in [7, 11) is 0. The molecule has 2 aromatic rings. The lowest BCUT2D eigenvalue weighted by molar-refractivity contribution is 0.614. The van der Waals surface area contributed by atoms with Gasteiger partial charge < -0.3 is 15.1 Å². The third-order valence-corrected chi connectivity index (χ3v) is 3.45. The molecule has 0 radical (unpaired) electrons. The highest BCUT2D eigenvalue weighted by molar-refractivity contribution is 5.42. The number of nitrogens with one attached hydrogen (secondary N) is 1. The lowest BCUT2D eigenvalue weighted by Gasteiger charge is -2.34. The number of hydrogen-bond acceptors (Lipinski definition) is 8. The summed E-state index contributed by atoms with van der Waals surface area (Å²) in [5, 5.41) is 11.6. The Morgan fingerprint density at radius 3 is 2.17 bits per heavy atom. The average molecular weight is 314 g/mol. The maximum absolute atomic E-state index is 4.57. The van der Waals surface area contributed by atoms with E-state index in [0.717, 1.165) is 37.9 Å². The van der Waals surface area contributed by atoms with Crippen molar-refractivity contribution in [3.05, 3.63) is 24.7 Å². The SMILES string of the molecule is CC(C)(C)Nc1cnnc(N2CCN(c3ncccn3)CC2)n1. The summed E-state index contributed by atoms with van der Waals surface area (Å²) in [5.41, 5.74) is -0.0589. The van der Waals surface area contributed by atoms with Crippen LogP contribution in [0.25, 0.3) is 0 Å². The van der Waals surface area contributed by atoms with Crippen LogP contribution in [0.1, 0.15) is 20.8 Å². The molecule has 0 aliphatic carbocycles. The molecule has 1 saturated heterocycles. The molecule has 2 aromatic heterocycles. The minimum Gasteiger partial charge on any atom is -0.364 e. The first-order chi connectivity index (χ1) is 11.0. The van der Waals surface area contributed by atoms with Gasteiger partial charge in [0.05, 0.1) is 6.20 Å². The lowest BCUT2D eigenvalue weighted by atomic mass is 10.1. The molecule has 3 rings (SSSR count). The Bertz CT molecular complexity index is 631. The van der Waals surface area contributed by atoms with E-state index in [9.17, 15) is 0 Å². The molecular formula is C15H22N8. The highest BCUT2D eigenvalue weighted by atomic mass is 15.4. The van der Waals surface area contributed by atoms with Crippen molar-refractivity contribution in [3.63, 3.8) is 0 Å². The Hall–Kier alpha value is -2.51. The average Bonchev–Trinajstić information content (AvgIpc) is 2.55. The van der Waals surface area contributed by atoms with E-state index in [4.69, 9.17) is 0 Å².